The summed E-state index contributed by atoms with van der Waals surface area (Å²) in [7, 11) is 0. The Morgan fingerprint density at radius 1 is 1.25 bits per heavy atom. The lowest BCUT2D eigenvalue weighted by Gasteiger charge is -2.19. The predicted molar refractivity (Wildman–Crippen MR) is 105 cm³/mol. The van der Waals surface area contributed by atoms with E-state index in [0.717, 1.165) is 42.9 Å². The van der Waals surface area contributed by atoms with Crippen LogP contribution in [-0.4, -0.2) is 38.6 Å². The molecule has 28 heavy (non-hydrogen) atoms. The first-order chi connectivity index (χ1) is 13.5. The fourth-order valence-electron chi connectivity index (χ4n) is 3.78. The number of hydrogen-bond donors (Lipinski definition) is 1. The average molecular weight is 382 g/mol. The van der Waals surface area contributed by atoms with Gasteiger partial charge in [0.2, 0.25) is 5.91 Å². The molecular formula is C20H23FN6O. The molecule has 0 spiro atoms. The maximum atomic E-state index is 14.4. The van der Waals surface area contributed by atoms with Crippen molar-refractivity contribution in [2.45, 2.75) is 39.5 Å². The number of carbonyl (C=O) groups excluding carboxylic acids is 1. The second-order valence-electron chi connectivity index (χ2n) is 7.14. The third kappa shape index (κ3) is 3.54. The molecule has 0 unspecified atom stereocenters. The van der Waals surface area contributed by atoms with E-state index >= 15 is 0 Å². The van der Waals surface area contributed by atoms with Crippen LogP contribution in [0.5, 0.6) is 0 Å². The highest BCUT2D eigenvalue weighted by atomic mass is 19.1. The number of halogens is 1. The van der Waals surface area contributed by atoms with Gasteiger partial charge in [-0.2, -0.15) is 10.1 Å². The highest BCUT2D eigenvalue weighted by Gasteiger charge is 2.17. The van der Waals surface area contributed by atoms with Crippen molar-refractivity contribution >= 4 is 23.1 Å². The van der Waals surface area contributed by atoms with Gasteiger partial charge in [-0.15, -0.1) is 0 Å². The van der Waals surface area contributed by atoms with Crippen LogP contribution in [0.3, 0.4) is 0 Å². The lowest BCUT2D eigenvalue weighted by atomic mass is 10.1. The van der Waals surface area contributed by atoms with Crippen LogP contribution in [0.2, 0.25) is 0 Å². The predicted octanol–water partition coefficient (Wildman–Crippen LogP) is 3.05. The van der Waals surface area contributed by atoms with Gasteiger partial charge in [-0.1, -0.05) is 0 Å². The minimum Gasteiger partial charge on any atom is -0.369 e. The number of nitrogens with zero attached hydrogens (tertiary/aromatic N) is 5. The van der Waals surface area contributed by atoms with Crippen molar-refractivity contribution in [1.29, 1.82) is 0 Å². The normalized spacial score (nSPS) is 14.0. The largest absolute Gasteiger partial charge is 0.369 e. The van der Waals surface area contributed by atoms with Crippen LogP contribution in [0.4, 0.5) is 15.8 Å². The lowest BCUT2D eigenvalue weighted by Crippen LogP contribution is -2.19. The van der Waals surface area contributed by atoms with E-state index in [1.165, 1.54) is 12.4 Å². The number of fused-ring (bicyclic) bond motifs is 1. The van der Waals surface area contributed by atoms with Gasteiger partial charge in [-0.3, -0.25) is 4.79 Å². The van der Waals surface area contributed by atoms with E-state index in [1.54, 1.807) is 16.6 Å². The van der Waals surface area contributed by atoms with E-state index in [0.29, 0.717) is 23.6 Å². The first kappa shape index (κ1) is 18.3. The molecule has 4 rings (SSSR count). The zero-order valence-corrected chi connectivity index (χ0v) is 16.1. The lowest BCUT2D eigenvalue weighted by molar-refractivity contribution is -0.116. The zero-order valence-electron chi connectivity index (χ0n) is 16.1. The molecule has 0 radical (unpaired) electrons. The van der Waals surface area contributed by atoms with Crippen LogP contribution in [-0.2, 0) is 11.2 Å². The molecule has 1 aromatic carbocycles. The maximum Gasteiger partial charge on any atom is 0.252 e. The Labute approximate surface area is 162 Å². The van der Waals surface area contributed by atoms with Gasteiger partial charge in [0.1, 0.15) is 12.1 Å². The van der Waals surface area contributed by atoms with Crippen LogP contribution >= 0.6 is 0 Å². The van der Waals surface area contributed by atoms with Gasteiger partial charge in [-0.05, 0) is 56.9 Å². The van der Waals surface area contributed by atoms with Crippen molar-refractivity contribution in [2.24, 2.45) is 0 Å². The summed E-state index contributed by atoms with van der Waals surface area (Å²) in [4.78, 5) is 22.9. The Balaban J connectivity index is 1.42. The number of amides is 1. The molecule has 3 aromatic rings. The Morgan fingerprint density at radius 2 is 2.04 bits per heavy atom. The summed E-state index contributed by atoms with van der Waals surface area (Å²) in [6.07, 6.45) is 4.45. The highest BCUT2D eigenvalue weighted by Crippen LogP contribution is 2.26. The molecule has 2 aromatic heterocycles. The van der Waals surface area contributed by atoms with E-state index in [2.05, 4.69) is 20.4 Å². The fourth-order valence-corrected chi connectivity index (χ4v) is 3.78. The Morgan fingerprint density at radius 3 is 2.79 bits per heavy atom. The quantitative estimate of drug-likeness (QED) is 0.734. The summed E-state index contributed by atoms with van der Waals surface area (Å²) in [5.74, 6) is 0.0924. The molecule has 0 saturated carbocycles. The molecule has 0 aliphatic carbocycles. The number of anilines is 2. The molecule has 1 N–H and O–H groups in total. The topological polar surface area (TPSA) is 75.4 Å². The summed E-state index contributed by atoms with van der Waals surface area (Å²) in [6, 6.07) is 4.90. The molecule has 1 saturated heterocycles. The van der Waals surface area contributed by atoms with E-state index in [9.17, 15) is 9.18 Å². The second-order valence-corrected chi connectivity index (χ2v) is 7.14. The van der Waals surface area contributed by atoms with Gasteiger partial charge < -0.3 is 10.2 Å². The summed E-state index contributed by atoms with van der Waals surface area (Å²) in [5.41, 5.74) is 3.82. The van der Waals surface area contributed by atoms with Gasteiger partial charge >= 0.3 is 0 Å². The van der Waals surface area contributed by atoms with Crippen molar-refractivity contribution in [3.63, 3.8) is 0 Å². The van der Waals surface area contributed by atoms with Gasteiger partial charge in [-0.25, -0.2) is 13.9 Å². The third-order valence-electron chi connectivity index (χ3n) is 5.27. The number of nitrogens with one attached hydrogen (secondary N) is 1. The smallest absolute Gasteiger partial charge is 0.252 e. The number of benzene rings is 1. The van der Waals surface area contributed by atoms with Gasteiger partial charge in [0.05, 0.1) is 5.69 Å². The van der Waals surface area contributed by atoms with Crippen molar-refractivity contribution in [1.82, 2.24) is 19.6 Å². The van der Waals surface area contributed by atoms with Crippen molar-refractivity contribution in [3.8, 4) is 0 Å². The SMILES string of the molecule is Cc1nc2ncnn2c(C)c1CCC(=O)Nc1ccc(N2CCCC2)c(F)c1. The molecule has 1 amide bonds. The van der Waals surface area contributed by atoms with Crippen molar-refractivity contribution < 1.29 is 9.18 Å². The molecule has 3 heterocycles. The maximum absolute atomic E-state index is 14.4. The molecule has 1 aliphatic rings. The minimum atomic E-state index is -0.299. The van der Waals surface area contributed by atoms with Crippen molar-refractivity contribution in [2.75, 3.05) is 23.3 Å². The van der Waals surface area contributed by atoms with Gasteiger partial charge in [0, 0.05) is 36.6 Å². The number of rotatable bonds is 5. The van der Waals surface area contributed by atoms with Gasteiger partial charge in [0.15, 0.2) is 0 Å². The van der Waals surface area contributed by atoms with Crippen LogP contribution in [0, 0.1) is 19.7 Å². The Hall–Kier alpha value is -3.03. The third-order valence-corrected chi connectivity index (χ3v) is 5.27. The molecule has 8 heteroatoms. The molecule has 146 valence electrons. The van der Waals surface area contributed by atoms with Crippen LogP contribution < -0.4 is 10.2 Å². The number of aromatic nitrogens is 4. The average Bonchev–Trinajstić information content (AvgIpc) is 3.33. The zero-order chi connectivity index (χ0) is 19.7. The van der Waals surface area contributed by atoms with E-state index in [-0.39, 0.29) is 18.1 Å². The van der Waals surface area contributed by atoms with Crippen LogP contribution in [0.1, 0.15) is 36.2 Å². The Kier molecular flexibility index (Phi) is 4.93. The first-order valence-corrected chi connectivity index (χ1v) is 9.53. The molecular weight excluding hydrogens is 359 g/mol. The fraction of sp³-hybridized carbons (Fsp3) is 0.400. The first-order valence-electron chi connectivity index (χ1n) is 9.53. The van der Waals surface area contributed by atoms with Crippen LogP contribution in [0.25, 0.3) is 5.78 Å². The Bertz CT molecular complexity index is 1020. The number of carbonyl (C=O) groups is 1. The molecule has 0 atom stereocenters. The summed E-state index contributed by atoms with van der Waals surface area (Å²) >= 11 is 0. The molecule has 1 aliphatic heterocycles. The van der Waals surface area contributed by atoms with Gasteiger partial charge in [0.25, 0.3) is 5.78 Å². The minimum absolute atomic E-state index is 0.161. The van der Waals surface area contributed by atoms with E-state index < -0.39 is 0 Å². The second kappa shape index (κ2) is 7.53. The summed E-state index contributed by atoms with van der Waals surface area (Å²) in [6.45, 7) is 5.61. The highest BCUT2D eigenvalue weighted by molar-refractivity contribution is 5.91. The molecule has 7 nitrogen and oxygen atoms in total. The van der Waals surface area contributed by atoms with E-state index in [4.69, 9.17) is 0 Å². The summed E-state index contributed by atoms with van der Waals surface area (Å²) < 4.78 is 16.1. The molecule has 0 bridgehead atoms. The summed E-state index contributed by atoms with van der Waals surface area (Å²) in [5, 5.41) is 6.95. The van der Waals surface area contributed by atoms with Crippen molar-refractivity contribution in [3.05, 3.63) is 47.3 Å². The number of hydrogen-bond acceptors (Lipinski definition) is 5. The van der Waals surface area contributed by atoms with Crippen LogP contribution in [0.15, 0.2) is 24.5 Å². The number of aryl methyl sites for hydroxylation is 2. The standard InChI is InChI=1S/C20H23FN6O/c1-13-16(14(2)27-20(24-13)22-12-23-27)6-8-19(28)25-15-5-7-18(17(21)11-15)26-9-3-4-10-26/h5,7,11-12H,3-4,6,8-10H2,1-2H3,(H,25,28). The molecule has 1 fully saturated rings. The monoisotopic (exact) mass is 382 g/mol. The van der Waals surface area contributed by atoms with E-state index in [1.807, 2.05) is 18.7 Å².